The van der Waals surface area contributed by atoms with Crippen LogP contribution in [0.15, 0.2) is 0 Å². The molecule has 0 aromatic carbocycles. The SMILES string of the molecule is CCCCCCCCCC(=O)NCCC(=O)[O-].[Li+]. The van der Waals surface area contributed by atoms with Gasteiger partial charge in [-0.1, -0.05) is 45.4 Å². The van der Waals surface area contributed by atoms with Crippen molar-refractivity contribution in [3.05, 3.63) is 0 Å². The monoisotopic (exact) mass is 249 g/mol. The van der Waals surface area contributed by atoms with Crippen LogP contribution in [0.2, 0.25) is 0 Å². The van der Waals surface area contributed by atoms with Crippen LogP contribution in [0.25, 0.3) is 0 Å². The predicted octanol–water partition coefficient (Wildman–Crippen LogP) is -1.61. The maximum Gasteiger partial charge on any atom is 1.00 e. The number of rotatable bonds is 11. The number of amides is 1. The molecule has 1 amide bonds. The Morgan fingerprint density at radius 3 is 2.06 bits per heavy atom. The van der Waals surface area contributed by atoms with E-state index in [9.17, 15) is 14.7 Å². The van der Waals surface area contributed by atoms with E-state index in [2.05, 4.69) is 12.2 Å². The predicted molar refractivity (Wildman–Crippen MR) is 65.2 cm³/mol. The first kappa shape index (κ1) is 19.9. The zero-order chi connectivity index (χ0) is 12.9. The molecule has 18 heavy (non-hydrogen) atoms. The molecular formula is C13H24LiNO3. The van der Waals surface area contributed by atoms with E-state index in [1.807, 2.05) is 0 Å². The number of carboxylic acid groups (broad SMARTS) is 1. The topological polar surface area (TPSA) is 69.2 Å². The van der Waals surface area contributed by atoms with Crippen LogP contribution < -0.4 is 29.3 Å². The van der Waals surface area contributed by atoms with E-state index in [1.54, 1.807) is 0 Å². The van der Waals surface area contributed by atoms with Gasteiger partial charge in [0, 0.05) is 25.4 Å². The molecule has 1 N–H and O–H groups in total. The van der Waals surface area contributed by atoms with Crippen LogP contribution in [0.4, 0.5) is 0 Å². The van der Waals surface area contributed by atoms with E-state index in [0.717, 1.165) is 12.8 Å². The summed E-state index contributed by atoms with van der Waals surface area (Å²) < 4.78 is 0. The minimum atomic E-state index is -1.12. The first-order valence-electron chi connectivity index (χ1n) is 6.63. The molecule has 0 aliphatic carbocycles. The molecule has 0 aromatic heterocycles. The molecule has 0 aliphatic heterocycles. The maximum absolute atomic E-state index is 11.2. The third-order valence-corrected chi connectivity index (χ3v) is 2.66. The van der Waals surface area contributed by atoms with Gasteiger partial charge in [-0.15, -0.1) is 0 Å². The number of carbonyl (C=O) groups is 2. The fourth-order valence-corrected chi connectivity index (χ4v) is 1.64. The Balaban J connectivity index is 0. The molecule has 0 spiro atoms. The molecule has 4 nitrogen and oxygen atoms in total. The first-order chi connectivity index (χ1) is 8.16. The van der Waals surface area contributed by atoms with Crippen LogP contribution in [-0.4, -0.2) is 18.4 Å². The summed E-state index contributed by atoms with van der Waals surface area (Å²) in [5.41, 5.74) is 0. The summed E-state index contributed by atoms with van der Waals surface area (Å²) >= 11 is 0. The Bertz CT molecular complexity index is 222. The minimum absolute atomic E-state index is 0. The summed E-state index contributed by atoms with van der Waals surface area (Å²) in [6, 6.07) is 0. The fourth-order valence-electron chi connectivity index (χ4n) is 1.64. The number of unbranched alkanes of at least 4 members (excludes halogenated alkanes) is 6. The molecular weight excluding hydrogens is 225 g/mol. The van der Waals surface area contributed by atoms with Crippen molar-refractivity contribution in [3.63, 3.8) is 0 Å². The average Bonchev–Trinajstić information content (AvgIpc) is 2.27. The molecule has 0 fully saturated rings. The molecule has 0 aliphatic rings. The molecule has 0 saturated heterocycles. The van der Waals surface area contributed by atoms with Crippen LogP contribution in [0.1, 0.15) is 64.7 Å². The van der Waals surface area contributed by atoms with Gasteiger partial charge in [-0.3, -0.25) is 4.79 Å². The van der Waals surface area contributed by atoms with Crippen molar-refractivity contribution < 1.29 is 33.6 Å². The smallest absolute Gasteiger partial charge is 0.550 e. The summed E-state index contributed by atoms with van der Waals surface area (Å²) in [6.45, 7) is 2.37. The Morgan fingerprint density at radius 1 is 0.944 bits per heavy atom. The second-order valence-electron chi connectivity index (χ2n) is 4.34. The van der Waals surface area contributed by atoms with Gasteiger partial charge in [0.25, 0.3) is 0 Å². The number of carbonyl (C=O) groups excluding carboxylic acids is 2. The largest absolute Gasteiger partial charge is 1.00 e. The molecule has 0 saturated carbocycles. The van der Waals surface area contributed by atoms with Crippen molar-refractivity contribution in [1.82, 2.24) is 5.32 Å². The van der Waals surface area contributed by atoms with E-state index in [4.69, 9.17) is 0 Å². The van der Waals surface area contributed by atoms with Gasteiger partial charge in [0.05, 0.1) is 0 Å². The minimum Gasteiger partial charge on any atom is -0.550 e. The molecule has 0 bridgehead atoms. The van der Waals surface area contributed by atoms with Crippen molar-refractivity contribution in [2.45, 2.75) is 64.7 Å². The third-order valence-electron chi connectivity index (χ3n) is 2.66. The Morgan fingerprint density at radius 2 is 1.50 bits per heavy atom. The zero-order valence-electron chi connectivity index (χ0n) is 11.8. The van der Waals surface area contributed by atoms with Crippen LogP contribution >= 0.6 is 0 Å². The molecule has 0 aromatic rings. The van der Waals surface area contributed by atoms with Gasteiger partial charge in [0.2, 0.25) is 5.91 Å². The number of nitrogens with one attached hydrogen (secondary N) is 1. The van der Waals surface area contributed by atoms with E-state index >= 15 is 0 Å². The van der Waals surface area contributed by atoms with Crippen molar-refractivity contribution in [1.29, 1.82) is 0 Å². The molecule has 100 valence electrons. The van der Waals surface area contributed by atoms with Gasteiger partial charge in [-0.2, -0.15) is 0 Å². The van der Waals surface area contributed by atoms with Gasteiger partial charge < -0.3 is 15.2 Å². The van der Waals surface area contributed by atoms with E-state index in [1.165, 1.54) is 32.1 Å². The van der Waals surface area contributed by atoms with Crippen LogP contribution in [0.5, 0.6) is 0 Å². The van der Waals surface area contributed by atoms with Crippen molar-refractivity contribution in [2.75, 3.05) is 6.54 Å². The number of carboxylic acids is 1. The molecule has 0 rings (SSSR count). The Kier molecular flexibility index (Phi) is 16.1. The van der Waals surface area contributed by atoms with Gasteiger partial charge >= 0.3 is 18.9 Å². The Labute approximate surface area is 122 Å². The van der Waals surface area contributed by atoms with Crippen molar-refractivity contribution in [2.24, 2.45) is 0 Å². The number of hydrogen-bond acceptors (Lipinski definition) is 3. The van der Waals surface area contributed by atoms with E-state index in [0.29, 0.717) is 6.42 Å². The second-order valence-corrected chi connectivity index (χ2v) is 4.34. The number of aliphatic carboxylic acids is 1. The summed E-state index contributed by atoms with van der Waals surface area (Å²) in [5, 5.41) is 12.7. The number of hydrogen-bond donors (Lipinski definition) is 1. The average molecular weight is 249 g/mol. The normalized spacial score (nSPS) is 9.61. The van der Waals surface area contributed by atoms with E-state index in [-0.39, 0.29) is 37.7 Å². The Hall–Kier alpha value is -0.463. The van der Waals surface area contributed by atoms with E-state index < -0.39 is 5.97 Å². The zero-order valence-corrected chi connectivity index (χ0v) is 11.8. The maximum atomic E-state index is 11.2. The summed E-state index contributed by atoms with van der Waals surface area (Å²) in [5.74, 6) is -1.18. The summed E-state index contributed by atoms with van der Waals surface area (Å²) in [4.78, 5) is 21.3. The fraction of sp³-hybridized carbons (Fsp3) is 0.846. The standard InChI is InChI=1S/C13H25NO3.Li/c1-2-3-4-5-6-7-8-9-12(15)14-11-10-13(16)17;/h2-11H2,1H3,(H,14,15)(H,16,17);/q;+1/p-1. The molecule has 0 atom stereocenters. The molecule has 0 unspecified atom stereocenters. The second kappa shape index (κ2) is 14.6. The summed E-state index contributed by atoms with van der Waals surface area (Å²) in [7, 11) is 0. The third kappa shape index (κ3) is 15.5. The van der Waals surface area contributed by atoms with Gasteiger partial charge in [-0.25, -0.2) is 0 Å². The molecule has 0 radical (unpaired) electrons. The van der Waals surface area contributed by atoms with Crippen LogP contribution in [0.3, 0.4) is 0 Å². The summed E-state index contributed by atoms with van der Waals surface area (Å²) in [6.07, 6.45) is 8.63. The van der Waals surface area contributed by atoms with Gasteiger partial charge in [0.15, 0.2) is 0 Å². The quantitative estimate of drug-likeness (QED) is 0.354. The molecule has 0 heterocycles. The van der Waals surface area contributed by atoms with Gasteiger partial charge in [-0.05, 0) is 6.42 Å². The van der Waals surface area contributed by atoms with Gasteiger partial charge in [0.1, 0.15) is 0 Å². The first-order valence-corrected chi connectivity index (χ1v) is 6.63. The van der Waals surface area contributed by atoms with Crippen molar-refractivity contribution >= 4 is 11.9 Å². The van der Waals surface area contributed by atoms with Crippen molar-refractivity contribution in [3.8, 4) is 0 Å². The van der Waals surface area contributed by atoms with Crippen LogP contribution in [-0.2, 0) is 9.59 Å². The van der Waals surface area contributed by atoms with Crippen LogP contribution in [0, 0.1) is 0 Å². The molecule has 5 heteroatoms.